The van der Waals surface area contributed by atoms with Crippen LogP contribution in [-0.2, 0) is 0 Å². The van der Waals surface area contributed by atoms with E-state index in [0.717, 1.165) is 16.7 Å². The lowest BCUT2D eigenvalue weighted by Gasteiger charge is -2.21. The van der Waals surface area contributed by atoms with Gasteiger partial charge < -0.3 is 5.11 Å². The lowest BCUT2D eigenvalue weighted by molar-refractivity contribution is 0.129. The summed E-state index contributed by atoms with van der Waals surface area (Å²) in [4.78, 5) is 0. The molecule has 78 valence electrons. The highest BCUT2D eigenvalue weighted by molar-refractivity contribution is 5.77. The molecule has 1 unspecified atom stereocenters. The zero-order valence-electron chi connectivity index (χ0n) is 9.25. The van der Waals surface area contributed by atoms with Gasteiger partial charge in [0, 0.05) is 6.42 Å². The molecule has 0 radical (unpaired) electrons. The van der Waals surface area contributed by atoms with Gasteiger partial charge in [0.05, 0.1) is 5.60 Å². The molecule has 1 aromatic rings. The summed E-state index contributed by atoms with van der Waals surface area (Å²) in [6, 6.07) is 8.23. The van der Waals surface area contributed by atoms with E-state index in [0.29, 0.717) is 6.42 Å². The smallest absolute Gasteiger partial charge is 0.0914 e. The maximum atomic E-state index is 10.2. The molecule has 0 heterocycles. The normalized spacial score (nSPS) is 25.5. The van der Waals surface area contributed by atoms with Crippen molar-refractivity contribution in [3.63, 3.8) is 0 Å². The van der Waals surface area contributed by atoms with Crippen molar-refractivity contribution in [2.24, 2.45) is 0 Å². The Hall–Kier alpha value is -1.34. The molecule has 0 bridgehead atoms. The van der Waals surface area contributed by atoms with Crippen LogP contribution < -0.4 is 0 Å². The van der Waals surface area contributed by atoms with Gasteiger partial charge >= 0.3 is 0 Å². The van der Waals surface area contributed by atoms with Crippen LogP contribution in [0.3, 0.4) is 0 Å². The van der Waals surface area contributed by atoms with Gasteiger partial charge in [0.2, 0.25) is 0 Å². The Morgan fingerprint density at radius 3 is 2.33 bits per heavy atom. The first-order valence-corrected chi connectivity index (χ1v) is 5.18. The molecule has 0 fully saturated rings. The highest BCUT2D eigenvalue weighted by Crippen LogP contribution is 2.39. The molecule has 0 aromatic heterocycles. The average molecular weight is 200 g/mol. The van der Waals surface area contributed by atoms with Crippen LogP contribution in [0.1, 0.15) is 24.5 Å². The molecule has 1 atom stereocenters. The van der Waals surface area contributed by atoms with E-state index in [-0.39, 0.29) is 0 Å². The first-order chi connectivity index (χ1) is 6.99. The molecular weight excluding hydrogens is 184 g/mol. The van der Waals surface area contributed by atoms with Crippen molar-refractivity contribution >= 4 is 5.57 Å². The van der Waals surface area contributed by atoms with E-state index < -0.39 is 5.60 Å². The van der Waals surface area contributed by atoms with Gasteiger partial charge in [0.25, 0.3) is 0 Å². The molecule has 1 nitrogen and oxygen atoms in total. The molecule has 0 saturated heterocycles. The number of rotatable bonds is 1. The van der Waals surface area contributed by atoms with E-state index in [4.69, 9.17) is 0 Å². The molecule has 0 spiro atoms. The monoisotopic (exact) mass is 200 g/mol. The molecule has 1 N–H and O–H groups in total. The van der Waals surface area contributed by atoms with Gasteiger partial charge in [0.1, 0.15) is 0 Å². The van der Waals surface area contributed by atoms with Crippen LogP contribution in [0.25, 0.3) is 5.57 Å². The van der Waals surface area contributed by atoms with Crippen LogP contribution in [0.4, 0.5) is 0 Å². The predicted octanol–water partition coefficient (Wildman–Crippen LogP) is 3.09. The maximum absolute atomic E-state index is 10.2. The average Bonchev–Trinajstić information content (AvgIpc) is 2.41. The topological polar surface area (TPSA) is 20.2 Å². The van der Waals surface area contributed by atoms with E-state index in [1.807, 2.05) is 25.1 Å². The Morgan fingerprint density at radius 2 is 1.87 bits per heavy atom. The van der Waals surface area contributed by atoms with Crippen molar-refractivity contribution in [2.45, 2.75) is 25.9 Å². The van der Waals surface area contributed by atoms with Crippen LogP contribution in [0.5, 0.6) is 0 Å². The van der Waals surface area contributed by atoms with Crippen molar-refractivity contribution in [1.82, 2.24) is 0 Å². The minimum atomic E-state index is -0.758. The van der Waals surface area contributed by atoms with E-state index in [2.05, 4.69) is 25.6 Å². The molecule has 2 rings (SSSR count). The molecule has 0 saturated carbocycles. The van der Waals surface area contributed by atoms with Crippen molar-refractivity contribution in [1.29, 1.82) is 0 Å². The number of hydrogen-bond acceptors (Lipinski definition) is 1. The summed E-state index contributed by atoms with van der Waals surface area (Å²) in [5.74, 6) is 0. The Kier molecular flexibility index (Phi) is 2.28. The number of hydrogen-bond donors (Lipinski definition) is 1. The minimum Gasteiger partial charge on any atom is -0.385 e. The summed E-state index contributed by atoms with van der Waals surface area (Å²) in [6.07, 6.45) is 2.63. The summed E-state index contributed by atoms with van der Waals surface area (Å²) < 4.78 is 0. The van der Waals surface area contributed by atoms with E-state index in [1.165, 1.54) is 5.56 Å². The number of benzene rings is 1. The van der Waals surface area contributed by atoms with Crippen LogP contribution in [0, 0.1) is 6.92 Å². The van der Waals surface area contributed by atoms with Crippen LogP contribution in [0.2, 0.25) is 0 Å². The molecule has 0 aliphatic heterocycles. The largest absolute Gasteiger partial charge is 0.385 e. The van der Waals surface area contributed by atoms with Gasteiger partial charge in [0.15, 0.2) is 0 Å². The maximum Gasteiger partial charge on any atom is 0.0914 e. The standard InChI is InChI=1S/C14H16O/c1-10-4-6-12(7-5-10)13-8-11(2)9-14(13,3)15/h4-8,15H,2,9H2,1,3H3. The lowest BCUT2D eigenvalue weighted by Crippen LogP contribution is -2.22. The van der Waals surface area contributed by atoms with Crippen LogP contribution in [-0.4, -0.2) is 10.7 Å². The molecule has 1 heteroatoms. The Labute approximate surface area is 90.8 Å². The Morgan fingerprint density at radius 1 is 1.27 bits per heavy atom. The first-order valence-electron chi connectivity index (χ1n) is 5.18. The van der Waals surface area contributed by atoms with Gasteiger partial charge in [-0.15, -0.1) is 0 Å². The zero-order valence-corrected chi connectivity index (χ0v) is 9.25. The summed E-state index contributed by atoms with van der Waals surface area (Å²) in [5.41, 5.74) is 3.54. The molecule has 1 aliphatic carbocycles. The van der Waals surface area contributed by atoms with Gasteiger partial charge in [-0.3, -0.25) is 0 Å². The SMILES string of the molecule is C=C1C=C(c2ccc(C)cc2)C(C)(O)C1. The van der Waals surface area contributed by atoms with Gasteiger partial charge in [-0.05, 0) is 25.0 Å². The molecular formula is C14H16O. The fraction of sp³-hybridized carbons (Fsp3) is 0.286. The van der Waals surface area contributed by atoms with Crippen molar-refractivity contribution in [3.8, 4) is 0 Å². The van der Waals surface area contributed by atoms with Gasteiger partial charge in [-0.1, -0.05) is 48.1 Å². The second-order valence-electron chi connectivity index (χ2n) is 4.53. The summed E-state index contributed by atoms with van der Waals surface area (Å²) in [7, 11) is 0. The van der Waals surface area contributed by atoms with Crippen molar-refractivity contribution < 1.29 is 5.11 Å². The van der Waals surface area contributed by atoms with Gasteiger partial charge in [-0.25, -0.2) is 0 Å². The van der Waals surface area contributed by atoms with Gasteiger partial charge in [-0.2, -0.15) is 0 Å². The molecule has 15 heavy (non-hydrogen) atoms. The summed E-state index contributed by atoms with van der Waals surface area (Å²) >= 11 is 0. The molecule has 1 aliphatic rings. The first kappa shape index (κ1) is 10.2. The third kappa shape index (κ3) is 1.88. The third-order valence-electron chi connectivity index (χ3n) is 2.86. The van der Waals surface area contributed by atoms with Crippen molar-refractivity contribution in [3.05, 3.63) is 53.6 Å². The highest BCUT2D eigenvalue weighted by atomic mass is 16.3. The van der Waals surface area contributed by atoms with Crippen molar-refractivity contribution in [2.75, 3.05) is 0 Å². The predicted molar refractivity (Wildman–Crippen MR) is 63.5 cm³/mol. The van der Waals surface area contributed by atoms with Crippen LogP contribution in [0.15, 0.2) is 42.5 Å². The Balaban J connectivity index is 2.43. The minimum absolute atomic E-state index is 0.635. The fourth-order valence-electron chi connectivity index (χ4n) is 2.08. The quantitative estimate of drug-likeness (QED) is 0.738. The number of allylic oxidation sites excluding steroid dienone is 1. The highest BCUT2D eigenvalue weighted by Gasteiger charge is 2.32. The fourth-order valence-corrected chi connectivity index (χ4v) is 2.08. The zero-order chi connectivity index (χ0) is 11.1. The lowest BCUT2D eigenvalue weighted by atomic mass is 9.92. The van der Waals surface area contributed by atoms with Crippen LogP contribution >= 0.6 is 0 Å². The Bertz CT molecular complexity index is 421. The second kappa shape index (κ2) is 3.35. The third-order valence-corrected chi connectivity index (χ3v) is 2.86. The number of aryl methyl sites for hydroxylation is 1. The number of aliphatic hydroxyl groups is 1. The molecule has 1 aromatic carbocycles. The van der Waals surface area contributed by atoms with E-state index >= 15 is 0 Å². The summed E-state index contributed by atoms with van der Waals surface area (Å²) in [5, 5.41) is 10.2. The van der Waals surface area contributed by atoms with E-state index in [9.17, 15) is 5.11 Å². The van der Waals surface area contributed by atoms with E-state index in [1.54, 1.807) is 0 Å². The summed E-state index contributed by atoms with van der Waals surface area (Å²) in [6.45, 7) is 7.81. The molecule has 0 amide bonds. The second-order valence-corrected chi connectivity index (χ2v) is 4.53.